The molecule has 0 aromatic heterocycles. The average molecular weight is 170 g/mol. The number of carboxylic acids is 1. The first-order chi connectivity index (χ1) is 5.79. The molecule has 2 aliphatic heterocycles. The predicted molar refractivity (Wildman–Crippen MR) is 39.9 cm³/mol. The number of nitrogens with one attached hydrogen (secondary N) is 1. The molecule has 0 saturated carbocycles. The van der Waals surface area contributed by atoms with Crippen molar-refractivity contribution in [2.45, 2.75) is 12.5 Å². The molecular formula is C7H10N2O3. The van der Waals surface area contributed by atoms with Crippen LogP contribution in [0.1, 0.15) is 6.42 Å². The molecule has 66 valence electrons. The number of aliphatic carboxylic acids is 1. The maximum Gasteiger partial charge on any atom is 0.356 e. The van der Waals surface area contributed by atoms with E-state index in [1.807, 2.05) is 0 Å². The van der Waals surface area contributed by atoms with E-state index in [0.29, 0.717) is 6.61 Å². The van der Waals surface area contributed by atoms with Gasteiger partial charge in [-0.2, -0.15) is 0 Å². The van der Waals surface area contributed by atoms with E-state index in [4.69, 9.17) is 9.84 Å². The van der Waals surface area contributed by atoms with Crippen molar-refractivity contribution >= 4 is 5.97 Å². The number of nitrogens with zero attached hydrogens (tertiary/aromatic N) is 1. The average Bonchev–Trinajstić information content (AvgIpc) is 2.49. The Morgan fingerprint density at radius 2 is 2.67 bits per heavy atom. The summed E-state index contributed by atoms with van der Waals surface area (Å²) in [6.07, 6.45) is 2.22. The molecule has 2 N–H and O–H groups in total. The van der Waals surface area contributed by atoms with Crippen molar-refractivity contribution in [2.24, 2.45) is 0 Å². The standard InChI is InChI=1S/C7H10N2O3/c10-7(11)6-4-12-3-5-1-2-8-9(5)6/h4-5,8H,1-3H2,(H,10,11). The largest absolute Gasteiger partial charge is 0.496 e. The van der Waals surface area contributed by atoms with Gasteiger partial charge in [-0.1, -0.05) is 0 Å². The van der Waals surface area contributed by atoms with Crippen LogP contribution in [0.15, 0.2) is 12.0 Å². The van der Waals surface area contributed by atoms with Gasteiger partial charge in [-0.15, -0.1) is 0 Å². The van der Waals surface area contributed by atoms with Crippen molar-refractivity contribution in [3.8, 4) is 0 Å². The van der Waals surface area contributed by atoms with Gasteiger partial charge in [-0.25, -0.2) is 10.2 Å². The molecule has 0 spiro atoms. The number of rotatable bonds is 1. The third-order valence-corrected chi connectivity index (χ3v) is 2.09. The summed E-state index contributed by atoms with van der Waals surface area (Å²) in [5, 5.41) is 10.4. The van der Waals surface area contributed by atoms with Crippen molar-refractivity contribution in [3.05, 3.63) is 12.0 Å². The third kappa shape index (κ3) is 1.02. The fourth-order valence-electron chi connectivity index (χ4n) is 1.50. The molecule has 0 bridgehead atoms. The SMILES string of the molecule is O=C(O)C1=COCC2CCNN12. The van der Waals surface area contributed by atoms with Crippen molar-refractivity contribution in [2.75, 3.05) is 13.2 Å². The Balaban J connectivity index is 2.21. The van der Waals surface area contributed by atoms with E-state index in [1.54, 1.807) is 5.01 Å². The maximum atomic E-state index is 10.7. The highest BCUT2D eigenvalue weighted by molar-refractivity contribution is 5.85. The molecule has 2 aliphatic rings. The summed E-state index contributed by atoms with van der Waals surface area (Å²) in [6, 6.07) is 0.182. The molecule has 12 heavy (non-hydrogen) atoms. The van der Waals surface area contributed by atoms with Crippen LogP contribution in [0.3, 0.4) is 0 Å². The highest BCUT2D eigenvalue weighted by Crippen LogP contribution is 2.19. The normalized spacial score (nSPS) is 27.5. The van der Waals surface area contributed by atoms with Crippen LogP contribution < -0.4 is 5.43 Å². The van der Waals surface area contributed by atoms with Crippen molar-refractivity contribution < 1.29 is 14.6 Å². The number of ether oxygens (including phenoxy) is 1. The molecule has 0 aromatic carbocycles. The van der Waals surface area contributed by atoms with Crippen LogP contribution in [0, 0.1) is 0 Å². The minimum absolute atomic E-state index is 0.182. The van der Waals surface area contributed by atoms with Crippen LogP contribution in [-0.4, -0.2) is 35.3 Å². The lowest BCUT2D eigenvalue weighted by molar-refractivity contribution is -0.136. The Hall–Kier alpha value is -1.23. The topological polar surface area (TPSA) is 61.8 Å². The summed E-state index contributed by atoms with van der Waals surface area (Å²) < 4.78 is 5.03. The van der Waals surface area contributed by atoms with Gasteiger partial charge in [0, 0.05) is 6.54 Å². The van der Waals surface area contributed by atoms with Crippen LogP contribution in [-0.2, 0) is 9.53 Å². The summed E-state index contributed by atoms with van der Waals surface area (Å²) >= 11 is 0. The summed E-state index contributed by atoms with van der Waals surface area (Å²) in [6.45, 7) is 1.39. The molecule has 1 atom stereocenters. The molecule has 0 amide bonds. The predicted octanol–water partition coefficient (Wildman–Crippen LogP) is -0.479. The van der Waals surface area contributed by atoms with E-state index < -0.39 is 5.97 Å². The molecule has 2 heterocycles. The fourth-order valence-corrected chi connectivity index (χ4v) is 1.50. The molecule has 0 radical (unpaired) electrons. The van der Waals surface area contributed by atoms with Crippen LogP contribution in [0.4, 0.5) is 0 Å². The van der Waals surface area contributed by atoms with Gasteiger partial charge in [-0.3, -0.25) is 5.01 Å². The van der Waals surface area contributed by atoms with Crippen LogP contribution in [0.2, 0.25) is 0 Å². The highest BCUT2D eigenvalue weighted by atomic mass is 16.5. The lowest BCUT2D eigenvalue weighted by Crippen LogP contribution is -2.43. The first kappa shape index (κ1) is 7.42. The molecule has 0 aromatic rings. The van der Waals surface area contributed by atoms with Gasteiger partial charge < -0.3 is 9.84 Å². The third-order valence-electron chi connectivity index (χ3n) is 2.09. The van der Waals surface area contributed by atoms with E-state index >= 15 is 0 Å². The Morgan fingerprint density at radius 3 is 3.42 bits per heavy atom. The molecule has 5 heteroatoms. The van der Waals surface area contributed by atoms with Gasteiger partial charge in [0.2, 0.25) is 0 Å². The van der Waals surface area contributed by atoms with Gasteiger partial charge in [0.05, 0.1) is 6.04 Å². The molecular weight excluding hydrogens is 160 g/mol. The number of hydrogen-bond donors (Lipinski definition) is 2. The Bertz CT molecular complexity index is 239. The second-order valence-electron chi connectivity index (χ2n) is 2.86. The van der Waals surface area contributed by atoms with E-state index in [9.17, 15) is 4.79 Å². The Labute approximate surface area is 69.6 Å². The van der Waals surface area contributed by atoms with Gasteiger partial charge in [0.15, 0.2) is 5.70 Å². The minimum atomic E-state index is -0.950. The lowest BCUT2D eigenvalue weighted by atomic mass is 10.2. The maximum absolute atomic E-state index is 10.7. The quantitative estimate of drug-likeness (QED) is 0.556. The van der Waals surface area contributed by atoms with E-state index in [-0.39, 0.29) is 11.7 Å². The summed E-state index contributed by atoms with van der Waals surface area (Å²) in [7, 11) is 0. The smallest absolute Gasteiger partial charge is 0.356 e. The lowest BCUT2D eigenvalue weighted by Gasteiger charge is -2.29. The highest BCUT2D eigenvalue weighted by Gasteiger charge is 2.32. The van der Waals surface area contributed by atoms with E-state index in [1.165, 1.54) is 6.26 Å². The summed E-state index contributed by atoms with van der Waals surface area (Å²) in [5.41, 5.74) is 3.19. The van der Waals surface area contributed by atoms with E-state index in [0.717, 1.165) is 13.0 Å². The minimum Gasteiger partial charge on any atom is -0.496 e. The number of hydrogen-bond acceptors (Lipinski definition) is 4. The molecule has 1 saturated heterocycles. The Morgan fingerprint density at radius 1 is 1.83 bits per heavy atom. The van der Waals surface area contributed by atoms with Crippen molar-refractivity contribution in [1.29, 1.82) is 0 Å². The summed E-state index contributed by atoms with van der Waals surface area (Å²) in [4.78, 5) is 10.7. The van der Waals surface area contributed by atoms with Gasteiger partial charge in [-0.05, 0) is 6.42 Å². The first-order valence-corrected chi connectivity index (χ1v) is 3.87. The first-order valence-electron chi connectivity index (χ1n) is 3.87. The van der Waals surface area contributed by atoms with Crippen molar-refractivity contribution in [1.82, 2.24) is 10.4 Å². The zero-order valence-corrected chi connectivity index (χ0v) is 6.49. The Kier molecular flexibility index (Phi) is 1.65. The van der Waals surface area contributed by atoms with Gasteiger partial charge in [0.1, 0.15) is 12.9 Å². The van der Waals surface area contributed by atoms with Gasteiger partial charge >= 0.3 is 5.97 Å². The van der Waals surface area contributed by atoms with Crippen LogP contribution in [0.5, 0.6) is 0 Å². The van der Waals surface area contributed by atoms with Crippen LogP contribution in [0.25, 0.3) is 0 Å². The zero-order valence-electron chi connectivity index (χ0n) is 6.49. The fraction of sp³-hybridized carbons (Fsp3) is 0.571. The number of carboxylic acid groups (broad SMARTS) is 1. The molecule has 5 nitrogen and oxygen atoms in total. The molecule has 0 aliphatic carbocycles. The second-order valence-corrected chi connectivity index (χ2v) is 2.86. The molecule has 1 fully saturated rings. The zero-order chi connectivity index (χ0) is 8.55. The summed E-state index contributed by atoms with van der Waals surface area (Å²) in [5.74, 6) is -0.950. The number of fused-ring (bicyclic) bond motifs is 1. The van der Waals surface area contributed by atoms with Gasteiger partial charge in [0.25, 0.3) is 0 Å². The molecule has 2 rings (SSSR count). The van der Waals surface area contributed by atoms with Crippen LogP contribution >= 0.6 is 0 Å². The number of carbonyl (C=O) groups is 1. The number of hydrazine groups is 1. The second kappa shape index (κ2) is 2.67. The van der Waals surface area contributed by atoms with E-state index in [2.05, 4.69) is 5.43 Å². The monoisotopic (exact) mass is 170 g/mol. The molecule has 1 unspecified atom stereocenters. The van der Waals surface area contributed by atoms with Crippen molar-refractivity contribution in [3.63, 3.8) is 0 Å².